The van der Waals surface area contributed by atoms with E-state index in [9.17, 15) is 4.79 Å². The van der Waals surface area contributed by atoms with Crippen molar-refractivity contribution in [3.05, 3.63) is 36.0 Å². The summed E-state index contributed by atoms with van der Waals surface area (Å²) in [5, 5.41) is 8.08. The van der Waals surface area contributed by atoms with E-state index in [1.807, 2.05) is 31.3 Å². The number of benzene rings is 1. The summed E-state index contributed by atoms with van der Waals surface area (Å²) in [6.07, 6.45) is 3.44. The molecule has 1 amide bonds. The van der Waals surface area contributed by atoms with Crippen LogP contribution in [-0.2, 0) is 0 Å². The van der Waals surface area contributed by atoms with Crippen molar-refractivity contribution in [3.8, 4) is 0 Å². The number of nitrogens with zero attached hydrogens (tertiary/aromatic N) is 1. The van der Waals surface area contributed by atoms with Crippen molar-refractivity contribution >= 4 is 22.5 Å². The molecule has 4 nitrogen and oxygen atoms in total. The third-order valence-electron chi connectivity index (χ3n) is 4.25. The van der Waals surface area contributed by atoms with Crippen molar-refractivity contribution in [1.82, 2.24) is 10.3 Å². The lowest BCUT2D eigenvalue weighted by molar-refractivity contribution is 0.0902. The summed E-state index contributed by atoms with van der Waals surface area (Å²) in [6, 6.07) is 7.83. The molecule has 0 saturated carbocycles. The van der Waals surface area contributed by atoms with Gasteiger partial charge in [0.15, 0.2) is 0 Å². The number of hydrogen-bond donors (Lipinski definition) is 2. The van der Waals surface area contributed by atoms with E-state index in [1.54, 1.807) is 6.20 Å². The molecule has 21 heavy (non-hydrogen) atoms. The first-order chi connectivity index (χ1) is 10.0. The molecule has 0 radical (unpaired) electrons. The summed E-state index contributed by atoms with van der Waals surface area (Å²) in [4.78, 5) is 17.0. The molecule has 2 aromatic rings. The number of fused-ring (bicyclic) bond motifs is 1. The van der Waals surface area contributed by atoms with Gasteiger partial charge in [-0.1, -0.05) is 38.1 Å². The van der Waals surface area contributed by atoms with Gasteiger partial charge in [0.1, 0.15) is 5.82 Å². The molecule has 0 unspecified atom stereocenters. The number of rotatable bonds is 5. The van der Waals surface area contributed by atoms with Crippen LogP contribution in [-0.4, -0.2) is 23.5 Å². The Kier molecular flexibility index (Phi) is 4.46. The highest BCUT2D eigenvalue weighted by Gasteiger charge is 2.23. The molecule has 2 rings (SSSR count). The molecule has 0 spiro atoms. The second kappa shape index (κ2) is 6.12. The zero-order valence-electron chi connectivity index (χ0n) is 13.2. The van der Waals surface area contributed by atoms with Crippen molar-refractivity contribution in [1.29, 1.82) is 0 Å². The van der Waals surface area contributed by atoms with Crippen LogP contribution in [0.2, 0.25) is 0 Å². The third-order valence-corrected chi connectivity index (χ3v) is 4.25. The Bertz CT molecular complexity index is 648. The number of hydrogen-bond acceptors (Lipinski definition) is 3. The molecule has 1 heterocycles. The van der Waals surface area contributed by atoms with Crippen LogP contribution < -0.4 is 10.6 Å². The van der Waals surface area contributed by atoms with Gasteiger partial charge in [0, 0.05) is 24.2 Å². The van der Waals surface area contributed by atoms with Crippen LogP contribution in [0.15, 0.2) is 30.5 Å². The van der Waals surface area contributed by atoms with E-state index in [-0.39, 0.29) is 11.4 Å². The van der Waals surface area contributed by atoms with Gasteiger partial charge in [0.2, 0.25) is 0 Å². The molecule has 0 aliphatic heterocycles. The van der Waals surface area contributed by atoms with E-state index in [1.165, 1.54) is 0 Å². The second-order valence-corrected chi connectivity index (χ2v) is 5.54. The van der Waals surface area contributed by atoms with Gasteiger partial charge >= 0.3 is 0 Å². The lowest BCUT2D eigenvalue weighted by atomic mass is 9.94. The molecule has 4 heteroatoms. The second-order valence-electron chi connectivity index (χ2n) is 5.54. The molecule has 0 fully saturated rings. The van der Waals surface area contributed by atoms with Gasteiger partial charge in [0.25, 0.3) is 5.91 Å². The summed E-state index contributed by atoms with van der Waals surface area (Å²) >= 11 is 0. The van der Waals surface area contributed by atoms with Crippen LogP contribution in [0.4, 0.5) is 5.82 Å². The maximum absolute atomic E-state index is 12.6. The molecule has 0 aliphatic carbocycles. The van der Waals surface area contributed by atoms with E-state index in [0.29, 0.717) is 5.56 Å². The Morgan fingerprint density at radius 3 is 2.38 bits per heavy atom. The first-order valence-electron chi connectivity index (χ1n) is 7.42. The smallest absolute Gasteiger partial charge is 0.253 e. The monoisotopic (exact) mass is 285 g/mol. The third kappa shape index (κ3) is 2.99. The lowest BCUT2D eigenvalue weighted by Crippen LogP contribution is -2.45. The molecule has 112 valence electrons. The SMILES string of the molecule is CCC(C)(CC)NC(=O)c1cnc(NC)c2ccccc12. The Hall–Kier alpha value is -2.10. The number of carbonyl (C=O) groups excluding carboxylic acids is 1. The molecule has 1 aromatic heterocycles. The van der Waals surface area contributed by atoms with Gasteiger partial charge in [-0.05, 0) is 25.2 Å². The van der Waals surface area contributed by atoms with Gasteiger partial charge < -0.3 is 10.6 Å². The largest absolute Gasteiger partial charge is 0.373 e. The Labute approximate surface area is 126 Å². The quantitative estimate of drug-likeness (QED) is 0.882. The maximum atomic E-state index is 12.6. The van der Waals surface area contributed by atoms with Gasteiger partial charge in [-0.3, -0.25) is 4.79 Å². The number of pyridine rings is 1. The van der Waals surface area contributed by atoms with Crippen LogP contribution in [0.3, 0.4) is 0 Å². The highest BCUT2D eigenvalue weighted by Crippen LogP contribution is 2.25. The van der Waals surface area contributed by atoms with E-state index >= 15 is 0 Å². The predicted molar refractivity (Wildman–Crippen MR) is 87.7 cm³/mol. The number of aromatic nitrogens is 1. The summed E-state index contributed by atoms with van der Waals surface area (Å²) in [5.41, 5.74) is 0.442. The van der Waals surface area contributed by atoms with Gasteiger partial charge in [0.05, 0.1) is 5.56 Å². The first kappa shape index (κ1) is 15.3. The molecular formula is C17H23N3O. The Balaban J connectivity index is 2.45. The van der Waals surface area contributed by atoms with Gasteiger partial charge in [-0.2, -0.15) is 0 Å². The van der Waals surface area contributed by atoms with Crippen LogP contribution in [0.25, 0.3) is 10.8 Å². The minimum atomic E-state index is -0.181. The van der Waals surface area contributed by atoms with Gasteiger partial charge in [-0.15, -0.1) is 0 Å². The molecular weight excluding hydrogens is 262 g/mol. The van der Waals surface area contributed by atoms with Crippen LogP contribution in [0.1, 0.15) is 44.0 Å². The average Bonchev–Trinajstić information content (AvgIpc) is 2.53. The molecule has 0 atom stereocenters. The minimum absolute atomic E-state index is 0.0625. The summed E-state index contributed by atoms with van der Waals surface area (Å²) in [6.45, 7) is 6.25. The van der Waals surface area contributed by atoms with Crippen molar-refractivity contribution < 1.29 is 4.79 Å². The Morgan fingerprint density at radius 2 is 1.81 bits per heavy atom. The molecule has 2 N–H and O–H groups in total. The molecule has 0 aliphatic rings. The minimum Gasteiger partial charge on any atom is -0.373 e. The van der Waals surface area contributed by atoms with Gasteiger partial charge in [-0.25, -0.2) is 4.98 Å². The number of amides is 1. The topological polar surface area (TPSA) is 54.0 Å². The van der Waals surface area contributed by atoms with E-state index in [0.717, 1.165) is 29.4 Å². The number of anilines is 1. The zero-order chi connectivity index (χ0) is 15.5. The van der Waals surface area contributed by atoms with Crippen LogP contribution >= 0.6 is 0 Å². The molecule has 0 bridgehead atoms. The highest BCUT2D eigenvalue weighted by molar-refractivity contribution is 6.09. The standard InChI is InChI=1S/C17H23N3O/c1-5-17(3,6-2)20-16(21)14-11-19-15(18-4)13-10-8-7-9-12(13)14/h7-11H,5-6H2,1-4H3,(H,18,19)(H,20,21). The van der Waals surface area contributed by atoms with E-state index in [2.05, 4.69) is 36.4 Å². The fourth-order valence-electron chi connectivity index (χ4n) is 2.34. The first-order valence-corrected chi connectivity index (χ1v) is 7.42. The van der Waals surface area contributed by atoms with Crippen LogP contribution in [0, 0.1) is 0 Å². The fraction of sp³-hybridized carbons (Fsp3) is 0.412. The summed E-state index contributed by atoms with van der Waals surface area (Å²) in [5.74, 6) is 0.725. The van der Waals surface area contributed by atoms with E-state index < -0.39 is 0 Å². The van der Waals surface area contributed by atoms with E-state index in [4.69, 9.17) is 0 Å². The van der Waals surface area contributed by atoms with Crippen molar-refractivity contribution in [2.24, 2.45) is 0 Å². The van der Waals surface area contributed by atoms with Crippen molar-refractivity contribution in [3.63, 3.8) is 0 Å². The zero-order valence-corrected chi connectivity index (χ0v) is 13.2. The maximum Gasteiger partial charge on any atom is 0.253 e. The number of carbonyl (C=O) groups is 1. The number of nitrogens with one attached hydrogen (secondary N) is 2. The Morgan fingerprint density at radius 1 is 1.19 bits per heavy atom. The molecule has 0 saturated heterocycles. The molecule has 1 aromatic carbocycles. The van der Waals surface area contributed by atoms with Crippen molar-refractivity contribution in [2.45, 2.75) is 39.2 Å². The average molecular weight is 285 g/mol. The van der Waals surface area contributed by atoms with Crippen LogP contribution in [0.5, 0.6) is 0 Å². The fourth-order valence-corrected chi connectivity index (χ4v) is 2.34. The lowest BCUT2D eigenvalue weighted by Gasteiger charge is -2.28. The summed E-state index contributed by atoms with van der Waals surface area (Å²) < 4.78 is 0. The highest BCUT2D eigenvalue weighted by atomic mass is 16.1. The van der Waals surface area contributed by atoms with Crippen molar-refractivity contribution in [2.75, 3.05) is 12.4 Å². The normalized spacial score (nSPS) is 11.4. The predicted octanol–water partition coefficient (Wildman–Crippen LogP) is 3.59. The summed E-state index contributed by atoms with van der Waals surface area (Å²) in [7, 11) is 1.83.